The standard InChI is InChI=1S/C21H20N6O2/c1-26-20(28)10-19(18-6-7-23-14-24-18)25-21(26)27-8-9-29-13-17(12-27)16-4-2-15(11-22)3-5-16/h2-7,10,14,17H,8-9,12-13H2,1H3. The molecule has 0 spiro atoms. The number of aromatic nitrogens is 4. The highest BCUT2D eigenvalue weighted by molar-refractivity contribution is 5.55. The number of anilines is 1. The van der Waals surface area contributed by atoms with Crippen LogP contribution in [0.15, 0.2) is 53.7 Å². The summed E-state index contributed by atoms with van der Waals surface area (Å²) < 4.78 is 7.36. The van der Waals surface area contributed by atoms with Gasteiger partial charge in [0.15, 0.2) is 0 Å². The van der Waals surface area contributed by atoms with Gasteiger partial charge in [-0.05, 0) is 23.8 Å². The zero-order chi connectivity index (χ0) is 20.2. The van der Waals surface area contributed by atoms with E-state index < -0.39 is 0 Å². The SMILES string of the molecule is Cn1c(N2CCOCC(c3ccc(C#N)cc3)C2)nc(-c2ccncn2)cc1=O. The summed E-state index contributed by atoms with van der Waals surface area (Å²) in [5.74, 6) is 0.681. The van der Waals surface area contributed by atoms with Crippen LogP contribution >= 0.6 is 0 Å². The van der Waals surface area contributed by atoms with Gasteiger partial charge >= 0.3 is 0 Å². The molecular formula is C21H20N6O2. The maximum Gasteiger partial charge on any atom is 0.255 e. The molecule has 1 aliphatic rings. The highest BCUT2D eigenvalue weighted by atomic mass is 16.5. The van der Waals surface area contributed by atoms with Crippen molar-refractivity contribution in [2.45, 2.75) is 5.92 Å². The van der Waals surface area contributed by atoms with Gasteiger partial charge in [0, 0.05) is 38.3 Å². The van der Waals surface area contributed by atoms with Gasteiger partial charge in [0.05, 0.1) is 36.2 Å². The molecule has 0 radical (unpaired) electrons. The van der Waals surface area contributed by atoms with E-state index in [1.807, 2.05) is 24.3 Å². The van der Waals surface area contributed by atoms with Crippen LogP contribution in [0.5, 0.6) is 0 Å². The first kappa shape index (κ1) is 18.8. The number of hydrogen-bond acceptors (Lipinski definition) is 7. The van der Waals surface area contributed by atoms with E-state index in [4.69, 9.17) is 15.0 Å². The lowest BCUT2D eigenvalue weighted by atomic mass is 9.98. The van der Waals surface area contributed by atoms with Crippen LogP contribution < -0.4 is 10.5 Å². The molecule has 3 heterocycles. The Bertz CT molecular complexity index is 1090. The largest absolute Gasteiger partial charge is 0.379 e. The van der Waals surface area contributed by atoms with Crippen molar-refractivity contribution in [1.29, 1.82) is 5.26 Å². The summed E-state index contributed by atoms with van der Waals surface area (Å²) in [5.41, 5.74) is 2.69. The van der Waals surface area contributed by atoms with Crippen molar-refractivity contribution in [2.24, 2.45) is 7.05 Å². The topological polar surface area (TPSA) is 96.9 Å². The van der Waals surface area contributed by atoms with Crippen LogP contribution in [-0.4, -0.2) is 45.8 Å². The van der Waals surface area contributed by atoms with E-state index in [-0.39, 0.29) is 11.5 Å². The number of rotatable bonds is 3. The van der Waals surface area contributed by atoms with Crippen molar-refractivity contribution in [2.75, 3.05) is 31.2 Å². The molecule has 4 rings (SSSR count). The molecule has 29 heavy (non-hydrogen) atoms. The molecule has 1 aromatic carbocycles. The molecule has 8 nitrogen and oxygen atoms in total. The minimum Gasteiger partial charge on any atom is -0.379 e. The molecule has 0 amide bonds. The van der Waals surface area contributed by atoms with Gasteiger partial charge in [-0.2, -0.15) is 5.26 Å². The number of hydrogen-bond donors (Lipinski definition) is 0. The Balaban J connectivity index is 1.68. The van der Waals surface area contributed by atoms with Gasteiger partial charge in [0.2, 0.25) is 5.95 Å². The van der Waals surface area contributed by atoms with Gasteiger partial charge in [-0.15, -0.1) is 0 Å². The maximum absolute atomic E-state index is 12.6. The molecule has 0 aliphatic carbocycles. The first-order valence-corrected chi connectivity index (χ1v) is 9.33. The van der Waals surface area contributed by atoms with Crippen molar-refractivity contribution < 1.29 is 4.74 Å². The summed E-state index contributed by atoms with van der Waals surface area (Å²) in [5, 5.41) is 9.02. The molecule has 1 fully saturated rings. The predicted molar refractivity (Wildman–Crippen MR) is 107 cm³/mol. The predicted octanol–water partition coefficient (Wildman–Crippen LogP) is 1.73. The maximum atomic E-state index is 12.6. The number of ether oxygens (including phenoxy) is 1. The fraction of sp³-hybridized carbons (Fsp3) is 0.286. The Kier molecular flexibility index (Phi) is 5.31. The second-order valence-corrected chi connectivity index (χ2v) is 6.88. The summed E-state index contributed by atoms with van der Waals surface area (Å²) in [6, 6.07) is 12.9. The quantitative estimate of drug-likeness (QED) is 0.674. The van der Waals surface area contributed by atoms with Crippen molar-refractivity contribution >= 4 is 5.95 Å². The fourth-order valence-electron chi connectivity index (χ4n) is 3.41. The van der Waals surface area contributed by atoms with Gasteiger partial charge in [0.1, 0.15) is 6.33 Å². The third kappa shape index (κ3) is 4.00. The van der Waals surface area contributed by atoms with Crippen molar-refractivity contribution in [3.05, 3.63) is 70.4 Å². The van der Waals surface area contributed by atoms with Crippen LogP contribution in [0, 0.1) is 11.3 Å². The number of benzene rings is 1. The molecule has 0 bridgehead atoms. The smallest absolute Gasteiger partial charge is 0.255 e. The molecular weight excluding hydrogens is 368 g/mol. The van der Waals surface area contributed by atoms with E-state index in [1.165, 1.54) is 12.4 Å². The van der Waals surface area contributed by atoms with E-state index in [2.05, 4.69) is 20.9 Å². The van der Waals surface area contributed by atoms with Gasteiger partial charge in [-0.3, -0.25) is 9.36 Å². The van der Waals surface area contributed by atoms with E-state index >= 15 is 0 Å². The Morgan fingerprint density at radius 1 is 1.21 bits per heavy atom. The van der Waals surface area contributed by atoms with Gasteiger partial charge < -0.3 is 9.64 Å². The fourth-order valence-corrected chi connectivity index (χ4v) is 3.41. The van der Waals surface area contributed by atoms with Gasteiger partial charge in [-0.25, -0.2) is 15.0 Å². The number of nitrogens with zero attached hydrogens (tertiary/aromatic N) is 6. The molecule has 1 atom stereocenters. The average Bonchev–Trinajstić information content (AvgIpc) is 3.02. The van der Waals surface area contributed by atoms with E-state index in [9.17, 15) is 4.79 Å². The van der Waals surface area contributed by atoms with Gasteiger partial charge in [0.25, 0.3) is 5.56 Å². The van der Waals surface area contributed by atoms with Crippen molar-refractivity contribution in [3.8, 4) is 17.5 Å². The molecule has 0 saturated carbocycles. The lowest BCUT2D eigenvalue weighted by Crippen LogP contribution is -2.35. The molecule has 2 aromatic heterocycles. The summed E-state index contributed by atoms with van der Waals surface area (Å²) in [6.07, 6.45) is 3.07. The zero-order valence-electron chi connectivity index (χ0n) is 16.0. The Morgan fingerprint density at radius 2 is 2.03 bits per heavy atom. The van der Waals surface area contributed by atoms with Crippen LogP contribution in [0.1, 0.15) is 17.0 Å². The van der Waals surface area contributed by atoms with Crippen molar-refractivity contribution in [1.82, 2.24) is 19.5 Å². The molecule has 1 aliphatic heterocycles. The highest BCUT2D eigenvalue weighted by Gasteiger charge is 2.23. The third-order valence-corrected chi connectivity index (χ3v) is 5.01. The average molecular weight is 388 g/mol. The van der Waals surface area contributed by atoms with Crippen LogP contribution in [0.4, 0.5) is 5.95 Å². The first-order valence-electron chi connectivity index (χ1n) is 9.33. The Hall–Kier alpha value is -3.57. The minimum absolute atomic E-state index is 0.102. The second kappa shape index (κ2) is 8.20. The summed E-state index contributed by atoms with van der Waals surface area (Å²) in [4.78, 5) is 27.5. The third-order valence-electron chi connectivity index (χ3n) is 5.01. The van der Waals surface area contributed by atoms with E-state index in [1.54, 1.807) is 23.9 Å². The van der Waals surface area contributed by atoms with Crippen LogP contribution in [0.2, 0.25) is 0 Å². The molecule has 1 saturated heterocycles. The zero-order valence-corrected chi connectivity index (χ0v) is 16.0. The summed E-state index contributed by atoms with van der Waals surface area (Å²) >= 11 is 0. The molecule has 8 heteroatoms. The second-order valence-electron chi connectivity index (χ2n) is 6.88. The molecule has 3 aromatic rings. The van der Waals surface area contributed by atoms with Crippen LogP contribution in [-0.2, 0) is 11.8 Å². The molecule has 0 N–H and O–H groups in total. The molecule has 146 valence electrons. The monoisotopic (exact) mass is 388 g/mol. The van der Waals surface area contributed by atoms with Crippen LogP contribution in [0.25, 0.3) is 11.4 Å². The van der Waals surface area contributed by atoms with Crippen molar-refractivity contribution in [3.63, 3.8) is 0 Å². The minimum atomic E-state index is -0.149. The van der Waals surface area contributed by atoms with Crippen LogP contribution in [0.3, 0.4) is 0 Å². The van der Waals surface area contributed by atoms with E-state index in [0.717, 1.165) is 5.56 Å². The Labute approximate surface area is 168 Å². The summed E-state index contributed by atoms with van der Waals surface area (Å²) in [6.45, 7) is 2.39. The number of nitriles is 1. The lowest BCUT2D eigenvalue weighted by molar-refractivity contribution is 0.142. The first-order chi connectivity index (χ1) is 14.2. The molecule has 1 unspecified atom stereocenters. The normalized spacial score (nSPS) is 16.8. The lowest BCUT2D eigenvalue weighted by Gasteiger charge is -2.26. The summed E-state index contributed by atoms with van der Waals surface area (Å²) in [7, 11) is 1.72. The Morgan fingerprint density at radius 3 is 2.76 bits per heavy atom. The highest BCUT2D eigenvalue weighted by Crippen LogP contribution is 2.24. The van der Waals surface area contributed by atoms with Gasteiger partial charge in [-0.1, -0.05) is 12.1 Å². The van der Waals surface area contributed by atoms with E-state index in [0.29, 0.717) is 49.2 Å².